The van der Waals surface area contributed by atoms with E-state index in [1.54, 1.807) is 6.07 Å². The van der Waals surface area contributed by atoms with Crippen LogP contribution in [0.1, 0.15) is 113 Å². The molecule has 6 heteroatoms. The van der Waals surface area contributed by atoms with Crippen molar-refractivity contribution in [2.45, 2.75) is 98.8 Å². The number of para-hydroxylation sites is 2. The number of fused-ring (bicyclic) bond motifs is 7. The fraction of sp³-hybridized carbons (Fsp3) is 0.234. The summed E-state index contributed by atoms with van der Waals surface area (Å²) in [7, 11) is 0. The molecule has 0 amide bonds. The summed E-state index contributed by atoms with van der Waals surface area (Å²) in [4.78, 5) is 14.0. The molecule has 353 valence electrons. The molecule has 0 aliphatic heterocycles. The maximum atomic E-state index is 7.61. The Morgan fingerprint density at radius 3 is 1.99 bits per heavy atom. The number of imidazole rings is 1. The van der Waals surface area contributed by atoms with E-state index in [1.807, 2.05) is 45.0 Å². The maximum absolute atomic E-state index is 7.61. The number of aryl methyl sites for hydroxylation is 1. The minimum Gasteiger partial charge on any atom is -0.501 e. The first-order valence-electron chi connectivity index (χ1n) is 25.6. The van der Waals surface area contributed by atoms with E-state index >= 15 is 0 Å². The number of hydrogen-bond donors (Lipinski definition) is 0. The predicted molar refractivity (Wildman–Crippen MR) is 290 cm³/mol. The Balaban J connectivity index is 0.000000264. The molecule has 5 nitrogen and oxygen atoms in total. The summed E-state index contributed by atoms with van der Waals surface area (Å²) in [5.74, 6) is 1.89. The Bertz CT molecular complexity index is 3790. The number of benzene rings is 8. The van der Waals surface area contributed by atoms with Crippen molar-refractivity contribution in [1.82, 2.24) is 19.5 Å². The van der Waals surface area contributed by atoms with Gasteiger partial charge in [0, 0.05) is 52.6 Å². The van der Waals surface area contributed by atoms with Crippen molar-refractivity contribution in [3.63, 3.8) is 0 Å². The molecule has 0 saturated heterocycles. The zero-order valence-corrected chi connectivity index (χ0v) is 44.0. The third kappa shape index (κ3) is 9.00. The van der Waals surface area contributed by atoms with Gasteiger partial charge in [-0.3, -0.25) is 15.0 Å². The molecule has 0 aliphatic rings. The zero-order valence-electron chi connectivity index (χ0n) is 44.6. The van der Waals surface area contributed by atoms with Gasteiger partial charge >= 0.3 is 0 Å². The molecule has 0 saturated carbocycles. The van der Waals surface area contributed by atoms with Gasteiger partial charge < -0.3 is 8.98 Å². The molecule has 3 aromatic heterocycles. The van der Waals surface area contributed by atoms with E-state index in [0.29, 0.717) is 11.5 Å². The maximum Gasteiger partial charge on any atom is 0.121 e. The Hall–Kier alpha value is -6.72. The van der Waals surface area contributed by atoms with Crippen LogP contribution in [0, 0.1) is 19.0 Å². The van der Waals surface area contributed by atoms with Crippen molar-refractivity contribution < 1.29 is 28.6 Å². The average molecular weight is 1100 g/mol. The van der Waals surface area contributed by atoms with Crippen molar-refractivity contribution in [3.8, 4) is 39.6 Å². The van der Waals surface area contributed by atoms with Crippen molar-refractivity contribution in [2.24, 2.45) is 0 Å². The molecular formula is C64H60IrN4O-2. The molecule has 0 spiro atoms. The van der Waals surface area contributed by atoms with Gasteiger partial charge in [0.05, 0.1) is 28.3 Å². The van der Waals surface area contributed by atoms with Crippen LogP contribution in [0.15, 0.2) is 156 Å². The Labute approximate surface area is 430 Å². The average Bonchev–Trinajstić information content (AvgIpc) is 3.93. The molecule has 0 N–H and O–H groups in total. The minimum absolute atomic E-state index is 0. The van der Waals surface area contributed by atoms with Crippen LogP contribution in [-0.4, -0.2) is 19.5 Å². The second-order valence-corrected chi connectivity index (χ2v) is 20.9. The molecule has 0 aliphatic carbocycles. The molecule has 0 unspecified atom stereocenters. The van der Waals surface area contributed by atoms with E-state index in [1.165, 1.54) is 61.2 Å². The van der Waals surface area contributed by atoms with Crippen molar-refractivity contribution >= 4 is 54.5 Å². The predicted octanol–water partition coefficient (Wildman–Crippen LogP) is 17.5. The van der Waals surface area contributed by atoms with E-state index in [2.05, 4.69) is 190 Å². The summed E-state index contributed by atoms with van der Waals surface area (Å²) >= 11 is 0. The van der Waals surface area contributed by atoms with E-state index < -0.39 is 6.85 Å². The normalized spacial score (nSPS) is 12.9. The SMILES string of the molecule is CC(C)c1cc(-c2ccccc2)cc(C(C)C)c1-n1c(-c2[c-]ccc3c2oc2cc4c(ccc5ccc(C(C)(C)C)cc54)cc23)nc2ccccc21.[2H]C([2H])([2H])c1cnc(-c2[c-]cccc2)nc1C(C)(C)C.[Ir]. The molecule has 0 bridgehead atoms. The Kier molecular flexibility index (Phi) is 12.0. The van der Waals surface area contributed by atoms with Gasteiger partial charge in [0.1, 0.15) is 5.58 Å². The first-order valence-corrected chi connectivity index (χ1v) is 24.1. The van der Waals surface area contributed by atoms with Crippen LogP contribution < -0.4 is 0 Å². The summed E-state index contributed by atoms with van der Waals surface area (Å²) in [5, 5.41) is 7.07. The Morgan fingerprint density at radius 1 is 0.614 bits per heavy atom. The van der Waals surface area contributed by atoms with Crippen LogP contribution in [0.5, 0.6) is 0 Å². The number of hydrogen-bond acceptors (Lipinski definition) is 4. The topological polar surface area (TPSA) is 56.7 Å². The number of nitrogens with zero attached hydrogens (tertiary/aromatic N) is 4. The van der Waals surface area contributed by atoms with E-state index in [0.717, 1.165) is 49.9 Å². The first kappa shape index (κ1) is 44.5. The van der Waals surface area contributed by atoms with Gasteiger partial charge in [0.2, 0.25) is 0 Å². The summed E-state index contributed by atoms with van der Waals surface area (Å²) < 4.78 is 32.2. The van der Waals surface area contributed by atoms with Crippen LogP contribution >= 0.6 is 0 Å². The minimum atomic E-state index is -2.21. The van der Waals surface area contributed by atoms with Gasteiger partial charge in [-0.2, -0.15) is 0 Å². The van der Waals surface area contributed by atoms with Gasteiger partial charge in [0.25, 0.3) is 0 Å². The second-order valence-electron chi connectivity index (χ2n) is 20.9. The fourth-order valence-corrected chi connectivity index (χ4v) is 9.57. The van der Waals surface area contributed by atoms with Crippen LogP contribution in [0.3, 0.4) is 0 Å². The van der Waals surface area contributed by atoms with Crippen LogP contribution in [0.4, 0.5) is 0 Å². The van der Waals surface area contributed by atoms with Crippen molar-refractivity contribution in [2.75, 3.05) is 0 Å². The number of furan rings is 1. The summed E-state index contributed by atoms with van der Waals surface area (Å²) in [6.45, 7) is 19.6. The van der Waals surface area contributed by atoms with Crippen molar-refractivity contribution in [3.05, 3.63) is 192 Å². The van der Waals surface area contributed by atoms with Crippen LogP contribution in [0.25, 0.3) is 94.1 Å². The number of aromatic nitrogens is 4. The Morgan fingerprint density at radius 2 is 1.30 bits per heavy atom. The molecule has 70 heavy (non-hydrogen) atoms. The molecule has 3 heterocycles. The monoisotopic (exact) mass is 1100 g/mol. The van der Waals surface area contributed by atoms with Crippen molar-refractivity contribution in [1.29, 1.82) is 0 Å². The van der Waals surface area contributed by atoms with Gasteiger partial charge in [-0.1, -0.05) is 147 Å². The standard InChI is InChI=1S/C49H43N2O.C15H17N2.Ir/c1-29(2)38-25-34(31-14-9-8-10-15-31)26-39(30(3)4)46(38)51-44-19-12-11-18-43(44)50-48(51)37-17-13-16-36-42-24-33-21-20-32-22-23-35(49(5,6)7)27-40(32)41(33)28-45(42)52-47(36)37;1-11-10-16-14(12-8-6-5-7-9-12)17-13(11)15(2,3)4;/h8-16,18-30H,1-7H3;5-8,10H,1-4H3;/q2*-1;/i;1D3;. The summed E-state index contributed by atoms with van der Waals surface area (Å²) in [6.07, 6.45) is 1.41. The van der Waals surface area contributed by atoms with E-state index in [4.69, 9.17) is 13.5 Å². The third-order valence-electron chi connectivity index (χ3n) is 13.2. The van der Waals surface area contributed by atoms with Gasteiger partial charge in [-0.05, 0) is 121 Å². The molecule has 11 aromatic rings. The smallest absolute Gasteiger partial charge is 0.121 e. The molecule has 0 atom stereocenters. The van der Waals surface area contributed by atoms with Crippen LogP contribution in [-0.2, 0) is 30.9 Å². The van der Waals surface area contributed by atoms with E-state index in [9.17, 15) is 0 Å². The molecule has 0 fully saturated rings. The molecule has 8 aromatic carbocycles. The van der Waals surface area contributed by atoms with E-state index in [-0.39, 0.29) is 48.3 Å². The molecule has 1 radical (unpaired) electrons. The largest absolute Gasteiger partial charge is 0.501 e. The van der Waals surface area contributed by atoms with Gasteiger partial charge in [-0.15, -0.1) is 54.1 Å². The quantitative estimate of drug-likeness (QED) is 0.123. The third-order valence-corrected chi connectivity index (χ3v) is 13.2. The van der Waals surface area contributed by atoms with Crippen LogP contribution in [0.2, 0.25) is 0 Å². The van der Waals surface area contributed by atoms with Gasteiger partial charge in [-0.25, -0.2) is 0 Å². The zero-order chi connectivity index (χ0) is 50.9. The fourth-order valence-electron chi connectivity index (χ4n) is 9.57. The number of rotatable bonds is 6. The molecule has 11 rings (SSSR count). The first-order chi connectivity index (χ1) is 34.3. The summed E-state index contributed by atoms with van der Waals surface area (Å²) in [5.41, 5.74) is 13.4. The molecular weight excluding hydrogens is 1030 g/mol. The second kappa shape index (κ2) is 18.9. The van der Waals surface area contributed by atoms with Gasteiger partial charge in [0.15, 0.2) is 0 Å². The summed E-state index contributed by atoms with van der Waals surface area (Å²) in [6, 6.07) is 58.1.